The summed E-state index contributed by atoms with van der Waals surface area (Å²) in [5.74, 6) is -2.19. The van der Waals surface area contributed by atoms with E-state index >= 15 is 0 Å². The number of aromatic hydroxyl groups is 1. The van der Waals surface area contributed by atoms with Crippen molar-refractivity contribution in [3.63, 3.8) is 0 Å². The van der Waals surface area contributed by atoms with Gasteiger partial charge >= 0.3 is 0 Å². The van der Waals surface area contributed by atoms with E-state index in [0.717, 1.165) is 25.3 Å². The van der Waals surface area contributed by atoms with Crippen LogP contribution < -0.4 is 5.73 Å². The van der Waals surface area contributed by atoms with Gasteiger partial charge in [0.05, 0.1) is 10.0 Å². The van der Waals surface area contributed by atoms with Gasteiger partial charge < -0.3 is 10.8 Å². The fourth-order valence-corrected chi connectivity index (χ4v) is 2.36. The molecule has 0 aromatic heterocycles. The third-order valence-electron chi connectivity index (χ3n) is 3.17. The zero-order valence-corrected chi connectivity index (χ0v) is 11.3. The van der Waals surface area contributed by atoms with E-state index in [2.05, 4.69) is 15.9 Å². The summed E-state index contributed by atoms with van der Waals surface area (Å²) in [5.41, 5.74) is 5.74. The molecule has 96 valence electrons. The van der Waals surface area contributed by atoms with Crippen LogP contribution in [0.15, 0.2) is 10.5 Å². The minimum Gasteiger partial charge on any atom is -0.506 e. The highest BCUT2D eigenvalue weighted by Gasteiger charge is 2.31. The largest absolute Gasteiger partial charge is 0.506 e. The van der Waals surface area contributed by atoms with Crippen LogP contribution in [0.25, 0.3) is 0 Å². The third kappa shape index (κ3) is 2.56. The lowest BCUT2D eigenvalue weighted by molar-refractivity contribution is 0.254. The normalized spacial score (nSPS) is 17.2. The van der Waals surface area contributed by atoms with Crippen molar-refractivity contribution in [1.82, 2.24) is 0 Å². The number of phenolic OH excluding ortho intramolecular Hbond substituents is 1. The number of halogens is 4. The highest BCUT2D eigenvalue weighted by Crippen LogP contribution is 2.42. The number of hydrogen-bond acceptors (Lipinski definition) is 2. The van der Waals surface area contributed by atoms with Crippen LogP contribution in [0, 0.1) is 17.6 Å². The summed E-state index contributed by atoms with van der Waals surface area (Å²) in [4.78, 5) is 0. The second kappa shape index (κ2) is 5.50. The van der Waals surface area contributed by atoms with E-state index in [0.29, 0.717) is 0 Å². The van der Waals surface area contributed by atoms with Crippen molar-refractivity contribution >= 4 is 28.3 Å². The maximum Gasteiger partial charge on any atom is 0.167 e. The van der Waals surface area contributed by atoms with E-state index < -0.39 is 17.7 Å². The Kier molecular flexibility index (Phi) is 4.75. The zero-order valence-electron chi connectivity index (χ0n) is 8.92. The number of phenols is 1. The van der Waals surface area contributed by atoms with Crippen molar-refractivity contribution in [2.45, 2.75) is 25.3 Å². The van der Waals surface area contributed by atoms with E-state index in [1.165, 1.54) is 0 Å². The topological polar surface area (TPSA) is 46.2 Å². The Labute approximate surface area is 113 Å². The van der Waals surface area contributed by atoms with Gasteiger partial charge in [-0.3, -0.25) is 0 Å². The van der Waals surface area contributed by atoms with Gasteiger partial charge in [0.2, 0.25) is 0 Å². The first-order valence-electron chi connectivity index (χ1n) is 5.14. The summed E-state index contributed by atoms with van der Waals surface area (Å²) in [6, 6.07) is 0.266. The summed E-state index contributed by atoms with van der Waals surface area (Å²) in [6.07, 6.45) is 2.85. The average Bonchev–Trinajstić information content (AvgIpc) is 2.12. The van der Waals surface area contributed by atoms with E-state index in [1.54, 1.807) is 0 Å². The van der Waals surface area contributed by atoms with Crippen molar-refractivity contribution in [3.05, 3.63) is 27.7 Å². The molecule has 1 aromatic carbocycles. The molecule has 1 atom stereocenters. The lowest BCUT2D eigenvalue weighted by Gasteiger charge is -2.32. The lowest BCUT2D eigenvalue weighted by atomic mass is 9.77. The summed E-state index contributed by atoms with van der Waals surface area (Å²) < 4.78 is 26.9. The molecule has 17 heavy (non-hydrogen) atoms. The van der Waals surface area contributed by atoms with E-state index in [1.807, 2.05) is 0 Å². The molecule has 0 unspecified atom stereocenters. The van der Waals surface area contributed by atoms with Crippen LogP contribution in [0.5, 0.6) is 5.75 Å². The van der Waals surface area contributed by atoms with Gasteiger partial charge in [-0.2, -0.15) is 0 Å². The number of rotatable bonds is 2. The van der Waals surface area contributed by atoms with Crippen LogP contribution in [0.2, 0.25) is 0 Å². The van der Waals surface area contributed by atoms with Gasteiger partial charge in [0.25, 0.3) is 0 Å². The fraction of sp³-hybridized carbons (Fsp3) is 0.455. The molecule has 2 nitrogen and oxygen atoms in total. The van der Waals surface area contributed by atoms with E-state index in [-0.39, 0.29) is 34.1 Å². The van der Waals surface area contributed by atoms with E-state index in [4.69, 9.17) is 5.73 Å². The predicted molar refractivity (Wildman–Crippen MR) is 67.2 cm³/mol. The molecule has 0 spiro atoms. The number of nitrogens with two attached hydrogens (primary N) is 1. The molecular formula is C11H13BrClF2NO. The molecular weight excluding hydrogens is 315 g/mol. The van der Waals surface area contributed by atoms with E-state index in [9.17, 15) is 13.9 Å². The molecule has 1 fully saturated rings. The Hall–Kier alpha value is -0.390. The summed E-state index contributed by atoms with van der Waals surface area (Å²) in [6.45, 7) is 0. The van der Waals surface area contributed by atoms with Crippen LogP contribution in [0.3, 0.4) is 0 Å². The van der Waals surface area contributed by atoms with Crippen molar-refractivity contribution < 1.29 is 13.9 Å². The molecule has 2 rings (SSSR count). The van der Waals surface area contributed by atoms with Gasteiger partial charge in [0.15, 0.2) is 11.6 Å². The minimum absolute atomic E-state index is 0. The van der Waals surface area contributed by atoms with Crippen LogP contribution >= 0.6 is 28.3 Å². The SMILES string of the molecule is Cl.N[C@@H](c1c(O)c(Br)cc(F)c1F)C1CCC1. The molecule has 0 amide bonds. The van der Waals surface area contributed by atoms with Crippen molar-refractivity contribution in [3.8, 4) is 5.75 Å². The van der Waals surface area contributed by atoms with Gasteiger partial charge in [-0.25, -0.2) is 8.78 Å². The quantitative estimate of drug-likeness (QED) is 0.814. The molecule has 1 saturated carbocycles. The Bertz CT molecular complexity index is 400. The second-order valence-electron chi connectivity index (χ2n) is 4.13. The van der Waals surface area contributed by atoms with Gasteiger partial charge in [0, 0.05) is 6.04 Å². The standard InChI is InChI=1S/C11H12BrF2NO.ClH/c12-6-4-7(13)9(14)8(11(6)16)10(15)5-2-1-3-5;/h4-5,10,16H,1-3,15H2;1H/t10-;/m1./s1. The number of hydrogen-bond donors (Lipinski definition) is 2. The Morgan fingerprint density at radius 3 is 2.47 bits per heavy atom. The summed E-state index contributed by atoms with van der Waals surface area (Å²) >= 11 is 2.98. The molecule has 0 saturated heterocycles. The van der Waals surface area contributed by atoms with Crippen molar-refractivity contribution in [2.75, 3.05) is 0 Å². The second-order valence-corrected chi connectivity index (χ2v) is 4.99. The van der Waals surface area contributed by atoms with Gasteiger partial charge in [-0.15, -0.1) is 12.4 Å². The molecule has 0 heterocycles. The Morgan fingerprint density at radius 2 is 2.00 bits per heavy atom. The van der Waals surface area contributed by atoms with Gasteiger partial charge in [-0.1, -0.05) is 6.42 Å². The fourth-order valence-electron chi connectivity index (χ4n) is 1.94. The first kappa shape index (κ1) is 14.7. The van der Waals surface area contributed by atoms with Crippen LogP contribution in [0.4, 0.5) is 8.78 Å². The molecule has 0 radical (unpaired) electrons. The minimum atomic E-state index is -1.04. The monoisotopic (exact) mass is 327 g/mol. The van der Waals surface area contributed by atoms with Gasteiger partial charge in [0.1, 0.15) is 5.75 Å². The van der Waals surface area contributed by atoms with Crippen molar-refractivity contribution in [1.29, 1.82) is 0 Å². The Balaban J connectivity index is 0.00000144. The number of benzene rings is 1. The Morgan fingerprint density at radius 1 is 1.41 bits per heavy atom. The van der Waals surface area contributed by atoms with Crippen LogP contribution in [-0.2, 0) is 0 Å². The first-order valence-corrected chi connectivity index (χ1v) is 5.93. The highest BCUT2D eigenvalue weighted by atomic mass is 79.9. The average molecular weight is 329 g/mol. The third-order valence-corrected chi connectivity index (χ3v) is 3.78. The first-order chi connectivity index (χ1) is 7.52. The molecule has 0 bridgehead atoms. The lowest BCUT2D eigenvalue weighted by Crippen LogP contribution is -2.28. The summed E-state index contributed by atoms with van der Waals surface area (Å²) in [7, 11) is 0. The molecule has 0 aliphatic heterocycles. The molecule has 3 N–H and O–H groups in total. The zero-order chi connectivity index (χ0) is 11.9. The molecule has 1 aliphatic carbocycles. The highest BCUT2D eigenvalue weighted by molar-refractivity contribution is 9.10. The van der Waals surface area contributed by atoms with Crippen LogP contribution in [-0.4, -0.2) is 5.11 Å². The van der Waals surface area contributed by atoms with Crippen LogP contribution in [0.1, 0.15) is 30.9 Å². The predicted octanol–water partition coefficient (Wildman–Crippen LogP) is 3.65. The molecule has 1 aromatic rings. The van der Waals surface area contributed by atoms with Gasteiger partial charge in [-0.05, 0) is 40.8 Å². The maximum absolute atomic E-state index is 13.6. The van der Waals surface area contributed by atoms with Crippen molar-refractivity contribution in [2.24, 2.45) is 11.7 Å². The molecule has 6 heteroatoms. The molecule has 1 aliphatic rings. The maximum atomic E-state index is 13.6. The summed E-state index contributed by atoms with van der Waals surface area (Å²) in [5, 5.41) is 9.71. The smallest absolute Gasteiger partial charge is 0.167 e.